The average Bonchev–Trinajstić information content (AvgIpc) is 3.02. The van der Waals surface area contributed by atoms with E-state index in [1.165, 1.54) is 0 Å². The molecule has 1 saturated heterocycles. The molecule has 0 aromatic heterocycles. The maximum Gasteiger partial charge on any atom is 0.321 e. The number of carboxylic acids is 1. The van der Waals surface area contributed by atoms with Crippen LogP contribution < -0.4 is 4.90 Å². The Bertz CT molecular complexity index is 575. The maximum atomic E-state index is 12.4. The summed E-state index contributed by atoms with van der Waals surface area (Å²) in [5.74, 6) is -1.10. The molecule has 2 atom stereocenters. The van der Waals surface area contributed by atoms with Crippen molar-refractivity contribution < 1.29 is 19.8 Å². The van der Waals surface area contributed by atoms with Crippen LogP contribution in [0.15, 0.2) is 24.3 Å². The zero-order valence-corrected chi connectivity index (χ0v) is 11.6. The number of carbonyl (C=O) groups excluding carboxylic acids is 1. The summed E-state index contributed by atoms with van der Waals surface area (Å²) in [6.07, 6.45) is 0.330. The largest absolute Gasteiger partial charge is 0.480 e. The monoisotopic (exact) mass is 290 g/mol. The highest BCUT2D eigenvalue weighted by molar-refractivity contribution is 5.97. The number of hydrogen-bond donors (Lipinski definition) is 2. The van der Waals surface area contributed by atoms with Gasteiger partial charge in [0.2, 0.25) is 5.91 Å². The lowest BCUT2D eigenvalue weighted by atomic mass is 10.2. The van der Waals surface area contributed by atoms with Crippen LogP contribution in [0.5, 0.6) is 0 Å². The molecule has 0 radical (unpaired) electrons. The molecule has 112 valence electrons. The van der Waals surface area contributed by atoms with E-state index in [1.807, 2.05) is 24.3 Å². The van der Waals surface area contributed by atoms with Gasteiger partial charge in [0.1, 0.15) is 6.04 Å². The number of rotatable bonds is 3. The van der Waals surface area contributed by atoms with Crippen molar-refractivity contribution in [1.29, 1.82) is 0 Å². The number of β-amino-alcohol motifs (C(OH)–C–C–N with tert-alkyl or cyclic N) is 1. The van der Waals surface area contributed by atoms with Gasteiger partial charge in [-0.25, -0.2) is 0 Å². The molecule has 6 heteroatoms. The number of aliphatic hydroxyl groups is 1. The molecule has 3 rings (SSSR count). The van der Waals surface area contributed by atoms with Gasteiger partial charge in [0.05, 0.1) is 12.6 Å². The summed E-state index contributed by atoms with van der Waals surface area (Å²) < 4.78 is 0. The third-order valence-corrected chi connectivity index (χ3v) is 4.19. The SMILES string of the molecule is O=C(O)C1CC(O)CN1CC(=O)N1CCc2ccccc21. The first-order valence-electron chi connectivity index (χ1n) is 7.09. The van der Waals surface area contributed by atoms with E-state index in [0.717, 1.165) is 17.7 Å². The summed E-state index contributed by atoms with van der Waals surface area (Å²) in [6.45, 7) is 0.896. The number of fused-ring (bicyclic) bond motifs is 1. The van der Waals surface area contributed by atoms with E-state index in [1.54, 1.807) is 9.80 Å². The first kappa shape index (κ1) is 14.0. The van der Waals surface area contributed by atoms with Crippen LogP contribution in [-0.2, 0) is 16.0 Å². The number of hydrogen-bond acceptors (Lipinski definition) is 4. The molecule has 1 aromatic carbocycles. The van der Waals surface area contributed by atoms with Gasteiger partial charge in [0, 0.05) is 25.2 Å². The molecule has 6 nitrogen and oxygen atoms in total. The maximum absolute atomic E-state index is 12.4. The quantitative estimate of drug-likeness (QED) is 0.825. The van der Waals surface area contributed by atoms with Crippen molar-refractivity contribution in [2.45, 2.75) is 25.0 Å². The van der Waals surface area contributed by atoms with Gasteiger partial charge < -0.3 is 15.1 Å². The summed E-state index contributed by atoms with van der Waals surface area (Å²) in [6, 6.07) is 6.98. The van der Waals surface area contributed by atoms with Crippen molar-refractivity contribution in [1.82, 2.24) is 4.90 Å². The molecule has 2 aliphatic heterocycles. The Kier molecular flexibility index (Phi) is 3.65. The predicted molar refractivity (Wildman–Crippen MR) is 76.1 cm³/mol. The van der Waals surface area contributed by atoms with Crippen molar-refractivity contribution in [2.75, 3.05) is 24.5 Å². The van der Waals surface area contributed by atoms with E-state index in [-0.39, 0.29) is 25.4 Å². The highest BCUT2D eigenvalue weighted by atomic mass is 16.4. The number of amides is 1. The summed E-state index contributed by atoms with van der Waals surface area (Å²) in [5.41, 5.74) is 2.05. The number of aliphatic hydroxyl groups excluding tert-OH is 1. The van der Waals surface area contributed by atoms with E-state index in [2.05, 4.69) is 0 Å². The van der Waals surface area contributed by atoms with Crippen molar-refractivity contribution in [2.24, 2.45) is 0 Å². The number of carbonyl (C=O) groups is 2. The van der Waals surface area contributed by atoms with Gasteiger partial charge in [0.25, 0.3) is 0 Å². The summed E-state index contributed by atoms with van der Waals surface area (Å²) >= 11 is 0. The minimum Gasteiger partial charge on any atom is -0.480 e. The summed E-state index contributed by atoms with van der Waals surface area (Å²) in [7, 11) is 0. The minimum absolute atomic E-state index is 0.0301. The molecule has 0 bridgehead atoms. The van der Waals surface area contributed by atoms with Crippen LogP contribution in [0.1, 0.15) is 12.0 Å². The fraction of sp³-hybridized carbons (Fsp3) is 0.467. The third kappa shape index (κ3) is 2.64. The molecule has 1 amide bonds. The lowest BCUT2D eigenvalue weighted by molar-refractivity contribution is -0.142. The molecular weight excluding hydrogens is 272 g/mol. The first-order valence-corrected chi connectivity index (χ1v) is 7.09. The van der Waals surface area contributed by atoms with Crippen LogP contribution >= 0.6 is 0 Å². The van der Waals surface area contributed by atoms with Gasteiger partial charge >= 0.3 is 5.97 Å². The second-order valence-corrected chi connectivity index (χ2v) is 5.60. The van der Waals surface area contributed by atoms with E-state index in [9.17, 15) is 14.7 Å². The molecular formula is C15H18N2O4. The molecule has 1 aromatic rings. The van der Waals surface area contributed by atoms with Crippen molar-refractivity contribution >= 4 is 17.6 Å². The van der Waals surface area contributed by atoms with Gasteiger partial charge in [-0.05, 0) is 18.1 Å². The summed E-state index contributed by atoms with van der Waals surface area (Å²) in [4.78, 5) is 26.9. The molecule has 1 fully saturated rings. The Hall–Kier alpha value is -1.92. The molecule has 0 aliphatic carbocycles. The molecule has 0 spiro atoms. The lowest BCUT2D eigenvalue weighted by Crippen LogP contribution is -2.44. The van der Waals surface area contributed by atoms with Crippen molar-refractivity contribution in [3.8, 4) is 0 Å². The molecule has 0 saturated carbocycles. The zero-order chi connectivity index (χ0) is 15.0. The lowest BCUT2D eigenvalue weighted by Gasteiger charge is -2.24. The van der Waals surface area contributed by atoms with E-state index in [0.29, 0.717) is 6.54 Å². The Morgan fingerprint density at radius 3 is 2.81 bits per heavy atom. The Labute approximate surface area is 122 Å². The third-order valence-electron chi connectivity index (χ3n) is 4.19. The molecule has 21 heavy (non-hydrogen) atoms. The molecule has 2 aliphatic rings. The van der Waals surface area contributed by atoms with Crippen LogP contribution in [0.25, 0.3) is 0 Å². The van der Waals surface area contributed by atoms with Crippen molar-refractivity contribution in [3.05, 3.63) is 29.8 Å². The predicted octanol–water partition coefficient (Wildman–Crippen LogP) is 0.0955. The van der Waals surface area contributed by atoms with Gasteiger partial charge in [-0.15, -0.1) is 0 Å². The number of likely N-dealkylation sites (tertiary alicyclic amines) is 1. The van der Waals surface area contributed by atoms with Gasteiger partial charge in [-0.2, -0.15) is 0 Å². The average molecular weight is 290 g/mol. The number of carboxylic acid groups (broad SMARTS) is 1. The van der Waals surface area contributed by atoms with Gasteiger partial charge in [-0.3, -0.25) is 14.5 Å². The Balaban J connectivity index is 1.71. The van der Waals surface area contributed by atoms with Crippen molar-refractivity contribution in [3.63, 3.8) is 0 Å². The highest BCUT2D eigenvalue weighted by Gasteiger charge is 2.38. The fourth-order valence-electron chi connectivity index (χ4n) is 3.17. The number of aliphatic carboxylic acids is 1. The Morgan fingerprint density at radius 1 is 1.29 bits per heavy atom. The molecule has 2 unspecified atom stereocenters. The number of para-hydroxylation sites is 1. The minimum atomic E-state index is -0.985. The number of benzene rings is 1. The van der Waals surface area contributed by atoms with Crippen LogP contribution in [-0.4, -0.2) is 58.8 Å². The number of anilines is 1. The van der Waals surface area contributed by atoms with Crippen LogP contribution in [0.3, 0.4) is 0 Å². The van der Waals surface area contributed by atoms with Gasteiger partial charge in [-0.1, -0.05) is 18.2 Å². The van der Waals surface area contributed by atoms with Crippen LogP contribution in [0, 0.1) is 0 Å². The fourth-order valence-corrected chi connectivity index (χ4v) is 3.17. The normalized spacial score (nSPS) is 25.1. The van der Waals surface area contributed by atoms with Gasteiger partial charge in [0.15, 0.2) is 0 Å². The smallest absolute Gasteiger partial charge is 0.321 e. The topological polar surface area (TPSA) is 81.1 Å². The summed E-state index contributed by atoms with van der Waals surface area (Å²) in [5, 5.41) is 18.8. The Morgan fingerprint density at radius 2 is 2.05 bits per heavy atom. The zero-order valence-electron chi connectivity index (χ0n) is 11.6. The van der Waals surface area contributed by atoms with E-state index >= 15 is 0 Å². The van der Waals surface area contributed by atoms with Crippen LogP contribution in [0.4, 0.5) is 5.69 Å². The number of nitrogens with zero attached hydrogens (tertiary/aromatic N) is 2. The second kappa shape index (κ2) is 5.46. The van der Waals surface area contributed by atoms with Crippen LogP contribution in [0.2, 0.25) is 0 Å². The van der Waals surface area contributed by atoms with E-state index < -0.39 is 18.1 Å². The standard InChI is InChI=1S/C15H18N2O4/c18-11-7-13(15(20)21)16(8-11)9-14(19)17-6-5-10-3-1-2-4-12(10)17/h1-4,11,13,18H,5-9H2,(H,20,21). The molecule has 2 heterocycles. The second-order valence-electron chi connectivity index (χ2n) is 5.60. The first-order chi connectivity index (χ1) is 10.1. The van der Waals surface area contributed by atoms with E-state index in [4.69, 9.17) is 5.11 Å². The highest BCUT2D eigenvalue weighted by Crippen LogP contribution is 2.28. The molecule has 2 N–H and O–H groups in total.